The number of hydrogen-bond donors (Lipinski definition) is 1. The third-order valence-corrected chi connectivity index (χ3v) is 6.37. The van der Waals surface area contributed by atoms with Crippen LogP contribution in [0.15, 0.2) is 18.2 Å². The van der Waals surface area contributed by atoms with Gasteiger partial charge in [-0.05, 0) is 49.7 Å². The zero-order chi connectivity index (χ0) is 22.7. The normalized spacial score (nSPS) is 17.2. The molecule has 32 heavy (non-hydrogen) atoms. The Morgan fingerprint density at radius 1 is 1.34 bits per heavy atom. The highest BCUT2D eigenvalue weighted by molar-refractivity contribution is 5.97. The van der Waals surface area contributed by atoms with Gasteiger partial charge in [-0.15, -0.1) is 0 Å². The summed E-state index contributed by atoms with van der Waals surface area (Å²) in [5, 5.41) is 17.8. The molecule has 8 nitrogen and oxygen atoms in total. The van der Waals surface area contributed by atoms with Gasteiger partial charge in [-0.3, -0.25) is 4.79 Å². The molecule has 2 aliphatic heterocycles. The summed E-state index contributed by atoms with van der Waals surface area (Å²) < 4.78 is 12.6. The quantitative estimate of drug-likeness (QED) is 0.723. The summed E-state index contributed by atoms with van der Waals surface area (Å²) in [6.45, 7) is 6.05. The SMILES string of the molecule is CCCOC(=O)c1cccc(-n2nc(CC)c3c2CC2(CCOCC2)CNC3=O)c1C#N. The van der Waals surface area contributed by atoms with Gasteiger partial charge in [0, 0.05) is 19.8 Å². The molecule has 168 valence electrons. The Kier molecular flexibility index (Phi) is 6.28. The van der Waals surface area contributed by atoms with Crippen LogP contribution in [0.4, 0.5) is 0 Å². The van der Waals surface area contributed by atoms with E-state index in [2.05, 4.69) is 11.4 Å². The van der Waals surface area contributed by atoms with Crippen LogP contribution < -0.4 is 5.32 Å². The predicted molar refractivity (Wildman–Crippen MR) is 117 cm³/mol. The van der Waals surface area contributed by atoms with Crippen molar-refractivity contribution in [1.29, 1.82) is 5.26 Å². The Bertz CT molecular complexity index is 1080. The summed E-state index contributed by atoms with van der Waals surface area (Å²) in [4.78, 5) is 25.7. The first kappa shape index (κ1) is 22.0. The zero-order valence-corrected chi connectivity index (χ0v) is 18.6. The monoisotopic (exact) mass is 436 g/mol. The smallest absolute Gasteiger partial charge is 0.339 e. The molecule has 1 aromatic carbocycles. The number of nitrogens with one attached hydrogen (secondary N) is 1. The number of amides is 1. The molecule has 0 saturated carbocycles. The van der Waals surface area contributed by atoms with Crippen molar-refractivity contribution >= 4 is 11.9 Å². The maximum Gasteiger partial charge on any atom is 0.339 e. The van der Waals surface area contributed by atoms with Crippen LogP contribution in [-0.2, 0) is 22.3 Å². The minimum absolute atomic E-state index is 0.119. The van der Waals surface area contributed by atoms with E-state index in [1.165, 1.54) is 0 Å². The number of nitrogens with zero attached hydrogens (tertiary/aromatic N) is 3. The number of fused-ring (bicyclic) bond motifs is 1. The van der Waals surface area contributed by atoms with Gasteiger partial charge in [-0.25, -0.2) is 9.48 Å². The van der Waals surface area contributed by atoms with Gasteiger partial charge in [0.25, 0.3) is 5.91 Å². The summed E-state index contributed by atoms with van der Waals surface area (Å²) in [7, 11) is 0. The van der Waals surface area contributed by atoms with E-state index < -0.39 is 5.97 Å². The second kappa shape index (κ2) is 9.13. The molecule has 0 unspecified atom stereocenters. The summed E-state index contributed by atoms with van der Waals surface area (Å²) in [6.07, 6.45) is 3.61. The van der Waals surface area contributed by atoms with Gasteiger partial charge in [0.1, 0.15) is 6.07 Å². The van der Waals surface area contributed by atoms with Crippen molar-refractivity contribution in [2.24, 2.45) is 5.41 Å². The van der Waals surface area contributed by atoms with Gasteiger partial charge in [0.05, 0.1) is 40.4 Å². The average Bonchev–Trinajstić information content (AvgIpc) is 3.12. The lowest BCUT2D eigenvalue weighted by atomic mass is 9.76. The van der Waals surface area contributed by atoms with Gasteiger partial charge < -0.3 is 14.8 Å². The van der Waals surface area contributed by atoms with Crippen LogP contribution in [0.3, 0.4) is 0 Å². The van der Waals surface area contributed by atoms with Gasteiger partial charge >= 0.3 is 5.97 Å². The Labute approximate surface area is 187 Å². The Morgan fingerprint density at radius 2 is 2.12 bits per heavy atom. The number of carbonyl (C=O) groups excluding carboxylic acids is 2. The number of carbonyl (C=O) groups is 2. The fraction of sp³-hybridized carbons (Fsp3) is 0.500. The minimum atomic E-state index is -0.530. The fourth-order valence-electron chi connectivity index (χ4n) is 4.58. The first-order valence-electron chi connectivity index (χ1n) is 11.2. The fourth-order valence-corrected chi connectivity index (χ4v) is 4.58. The first-order chi connectivity index (χ1) is 15.5. The standard InChI is InChI=1S/C24H28N4O4/c1-3-10-32-23(30)16-6-5-7-19(17(16)14-25)28-20-13-24(8-11-31-12-9-24)15-26-22(29)21(20)18(4-2)27-28/h5-7H,3-4,8-13,15H2,1-2H3,(H,26,29). The molecule has 2 aromatic rings. The van der Waals surface area contributed by atoms with E-state index in [-0.39, 0.29) is 29.1 Å². The Balaban J connectivity index is 1.87. The molecule has 0 atom stereocenters. The number of ether oxygens (including phenoxy) is 2. The minimum Gasteiger partial charge on any atom is -0.462 e. The van der Waals surface area contributed by atoms with Crippen molar-refractivity contribution in [1.82, 2.24) is 15.1 Å². The highest BCUT2D eigenvalue weighted by atomic mass is 16.5. The van der Waals surface area contributed by atoms with Crippen LogP contribution in [0.5, 0.6) is 0 Å². The van der Waals surface area contributed by atoms with E-state index in [1.54, 1.807) is 22.9 Å². The maximum atomic E-state index is 13.1. The number of aryl methyl sites for hydroxylation is 1. The third-order valence-electron chi connectivity index (χ3n) is 6.37. The molecule has 1 fully saturated rings. The van der Waals surface area contributed by atoms with Crippen molar-refractivity contribution in [2.75, 3.05) is 26.4 Å². The predicted octanol–water partition coefficient (Wildman–Crippen LogP) is 2.96. The van der Waals surface area contributed by atoms with Crippen molar-refractivity contribution in [2.45, 2.75) is 46.0 Å². The second-order valence-electron chi connectivity index (χ2n) is 8.45. The molecule has 1 amide bonds. The van der Waals surface area contributed by atoms with Crippen LogP contribution in [0.1, 0.15) is 70.8 Å². The Hall–Kier alpha value is -3.18. The number of hydrogen-bond acceptors (Lipinski definition) is 6. The van der Waals surface area contributed by atoms with Crippen LogP contribution in [0.25, 0.3) is 5.69 Å². The molecule has 0 aliphatic carbocycles. The summed E-state index contributed by atoms with van der Waals surface area (Å²) in [6, 6.07) is 7.25. The molecular weight excluding hydrogens is 408 g/mol. The second-order valence-corrected chi connectivity index (χ2v) is 8.45. The van der Waals surface area contributed by atoms with E-state index in [1.807, 2.05) is 13.8 Å². The lowest BCUT2D eigenvalue weighted by Crippen LogP contribution is -2.40. The maximum absolute atomic E-state index is 13.1. The molecule has 2 aliphatic rings. The van der Waals surface area contributed by atoms with Crippen LogP contribution in [0, 0.1) is 16.7 Å². The molecule has 1 N–H and O–H groups in total. The summed E-state index contributed by atoms with van der Waals surface area (Å²) in [5.74, 6) is -0.665. The van der Waals surface area contributed by atoms with Gasteiger partial charge in [-0.1, -0.05) is 19.9 Å². The van der Waals surface area contributed by atoms with E-state index >= 15 is 0 Å². The lowest BCUT2D eigenvalue weighted by Gasteiger charge is -2.36. The largest absolute Gasteiger partial charge is 0.462 e. The van der Waals surface area contributed by atoms with E-state index in [4.69, 9.17) is 14.6 Å². The zero-order valence-electron chi connectivity index (χ0n) is 18.6. The molecule has 8 heteroatoms. The molecule has 3 heterocycles. The lowest BCUT2D eigenvalue weighted by molar-refractivity contribution is 0.0155. The van der Waals surface area contributed by atoms with E-state index in [9.17, 15) is 14.9 Å². The van der Waals surface area contributed by atoms with Crippen molar-refractivity contribution in [3.63, 3.8) is 0 Å². The molecule has 1 saturated heterocycles. The number of aromatic nitrogens is 2. The molecule has 4 rings (SSSR count). The van der Waals surface area contributed by atoms with Crippen LogP contribution >= 0.6 is 0 Å². The van der Waals surface area contributed by atoms with Gasteiger partial charge in [0.15, 0.2) is 0 Å². The topological polar surface area (TPSA) is 106 Å². The number of nitriles is 1. The van der Waals surface area contributed by atoms with Crippen LogP contribution in [-0.4, -0.2) is 48.0 Å². The molecule has 1 aromatic heterocycles. The highest BCUT2D eigenvalue weighted by Crippen LogP contribution is 2.38. The van der Waals surface area contributed by atoms with Crippen molar-refractivity contribution in [3.05, 3.63) is 46.3 Å². The van der Waals surface area contributed by atoms with E-state index in [0.717, 1.165) is 18.5 Å². The number of rotatable bonds is 5. The molecule has 1 spiro atoms. The van der Waals surface area contributed by atoms with E-state index in [0.29, 0.717) is 56.0 Å². The number of benzene rings is 1. The van der Waals surface area contributed by atoms with Crippen molar-refractivity contribution < 1.29 is 19.1 Å². The first-order valence-corrected chi connectivity index (χ1v) is 11.2. The Morgan fingerprint density at radius 3 is 2.81 bits per heavy atom. The number of esters is 1. The van der Waals surface area contributed by atoms with Gasteiger partial charge in [0.2, 0.25) is 0 Å². The molecule has 0 bridgehead atoms. The molecule has 0 radical (unpaired) electrons. The summed E-state index contributed by atoms with van der Waals surface area (Å²) >= 11 is 0. The third kappa shape index (κ3) is 3.89. The highest BCUT2D eigenvalue weighted by Gasteiger charge is 2.40. The summed E-state index contributed by atoms with van der Waals surface area (Å²) in [5.41, 5.74) is 2.84. The van der Waals surface area contributed by atoms with Crippen molar-refractivity contribution in [3.8, 4) is 11.8 Å². The molecular formula is C24H28N4O4. The van der Waals surface area contributed by atoms with Crippen LogP contribution in [0.2, 0.25) is 0 Å². The van der Waals surface area contributed by atoms with Gasteiger partial charge in [-0.2, -0.15) is 10.4 Å². The average molecular weight is 437 g/mol.